The fourth-order valence-electron chi connectivity index (χ4n) is 0.480. The van der Waals surface area contributed by atoms with Crippen molar-refractivity contribution in [2.75, 3.05) is 7.11 Å². The van der Waals surface area contributed by atoms with Crippen molar-refractivity contribution in [2.24, 2.45) is 0 Å². The fourth-order valence-corrected chi connectivity index (χ4v) is 0.616. The van der Waals surface area contributed by atoms with Gasteiger partial charge in [0.05, 0.1) is 13.3 Å². The molecule has 1 rings (SSSR count). The molecule has 4 nitrogen and oxygen atoms in total. The maximum atomic E-state index is 10.7. The molecule has 0 saturated heterocycles. The first-order valence-electron chi connectivity index (χ1n) is 2.49. The van der Waals surface area contributed by atoms with Crippen LogP contribution in [0.1, 0.15) is 0 Å². The van der Waals surface area contributed by atoms with E-state index in [0.717, 1.165) is 0 Å². The summed E-state index contributed by atoms with van der Waals surface area (Å²) in [5.74, 6) is -0.351. The molecule has 12 heavy (non-hydrogen) atoms. The Morgan fingerprint density at radius 1 is 1.50 bits per heavy atom. The van der Waals surface area contributed by atoms with Crippen LogP contribution in [0.4, 0.5) is 0 Å². The van der Waals surface area contributed by atoms with E-state index < -0.39 is 5.88 Å². The second-order valence-corrected chi connectivity index (χ2v) is 1.89. The van der Waals surface area contributed by atoms with Crippen molar-refractivity contribution in [3.8, 4) is 11.6 Å². The number of hydrogen-bond donors (Lipinski definition) is 0. The Morgan fingerprint density at radius 2 is 2.08 bits per heavy atom. The average molecular weight is 202 g/mol. The molecule has 0 radical (unpaired) electrons. The van der Waals surface area contributed by atoms with Gasteiger partial charge in [0, 0.05) is 11.0 Å². The monoisotopic (exact) mass is 202 g/mol. The molecule has 0 aliphatic heterocycles. The molecule has 0 aliphatic carbocycles. The van der Waals surface area contributed by atoms with E-state index >= 15 is 0 Å². The minimum Gasteiger partial charge on any atom is -0.856 e. The molecule has 0 aliphatic rings. The molecule has 0 aromatic carbocycles. The smallest absolute Gasteiger partial charge is 0.856 e. The average Bonchev–Trinajstić information content (AvgIpc) is 1.88. The van der Waals surface area contributed by atoms with Crippen LogP contribution in [0.3, 0.4) is 0 Å². The van der Waals surface area contributed by atoms with Crippen molar-refractivity contribution in [3.05, 3.63) is 6.20 Å². The quantitative estimate of drug-likeness (QED) is 0.257. The third-order valence-electron chi connectivity index (χ3n) is 0.920. The maximum Gasteiger partial charge on any atom is 1.00 e. The number of ether oxygens (including phenoxy) is 1. The van der Waals surface area contributed by atoms with Crippen LogP contribution >= 0.6 is 0 Å². The molecule has 0 amide bonds. The van der Waals surface area contributed by atoms with Crippen LogP contribution in [0.15, 0.2) is 11.4 Å². The fraction of sp³-hybridized carbons (Fsp3) is 0.200. The molecule has 1 aromatic heterocycles. The number of hydrogen-bond acceptors (Lipinski definition) is 5. The van der Waals surface area contributed by atoms with E-state index in [9.17, 15) is 5.11 Å². The predicted octanol–water partition coefficient (Wildman–Crippen LogP) is -6.53. The van der Waals surface area contributed by atoms with E-state index in [2.05, 4.69) is 27.3 Å². The third-order valence-corrected chi connectivity index (χ3v) is 1.12. The largest absolute Gasteiger partial charge is 1.00 e. The predicted molar refractivity (Wildman–Crippen MR) is 33.7 cm³/mol. The minimum atomic E-state index is -0.470. The van der Waals surface area contributed by atoms with Gasteiger partial charge in [-0.3, -0.25) is 9.97 Å². The summed E-state index contributed by atoms with van der Waals surface area (Å²) >= 11 is 4.53. The summed E-state index contributed by atoms with van der Waals surface area (Å²) < 4.78 is 4.62. The molecule has 0 atom stereocenters. The molecular weight excluding hydrogens is 198 g/mol. The van der Waals surface area contributed by atoms with Crippen LogP contribution in [0, 0.1) is 0 Å². The van der Waals surface area contributed by atoms with Gasteiger partial charge in [-0.25, -0.2) is 0 Å². The molecule has 1 heterocycles. The van der Waals surface area contributed by atoms with Crippen molar-refractivity contribution in [1.82, 2.24) is 9.97 Å². The number of aromatic nitrogens is 2. The summed E-state index contributed by atoms with van der Waals surface area (Å²) in [6.45, 7) is 0. The van der Waals surface area contributed by atoms with E-state index in [1.54, 1.807) is 0 Å². The number of nitrogens with zero attached hydrogens (tertiary/aromatic N) is 2. The molecule has 0 fully saturated rings. The molecule has 7 heteroatoms. The molecule has 0 N–H and O–H groups in total. The van der Waals surface area contributed by atoms with Crippen LogP contribution in [-0.4, -0.2) is 17.1 Å². The van der Waals surface area contributed by atoms with Crippen LogP contribution in [0.2, 0.25) is 0 Å². The molecule has 0 bridgehead atoms. The van der Waals surface area contributed by atoms with Gasteiger partial charge in [0.25, 0.3) is 0 Å². The molecule has 54 valence electrons. The van der Waals surface area contributed by atoms with Crippen LogP contribution in [-0.2, 0) is 12.6 Å². The molecule has 0 spiro atoms. The number of methoxy groups -OCH3 is 1. The molecule has 1 aromatic rings. The van der Waals surface area contributed by atoms with Crippen molar-refractivity contribution < 1.29 is 69.0 Å². The topological polar surface area (TPSA) is 58.1 Å². The first-order chi connectivity index (χ1) is 4.74. The van der Waals surface area contributed by atoms with Gasteiger partial charge in [0.2, 0.25) is 0 Å². The Morgan fingerprint density at radius 3 is 2.50 bits per heavy atom. The van der Waals surface area contributed by atoms with E-state index in [4.69, 9.17) is 0 Å². The summed E-state index contributed by atoms with van der Waals surface area (Å²) in [6.07, 6.45) is 1.26. The van der Waals surface area contributed by atoms with Crippen LogP contribution < -0.4 is 69.0 Å². The molecular formula is C5H4N2Na2O2S. The Bertz CT molecular complexity index is 249. The molecule has 0 saturated carbocycles. The van der Waals surface area contributed by atoms with E-state index in [1.165, 1.54) is 13.3 Å². The van der Waals surface area contributed by atoms with E-state index in [1.807, 2.05) is 0 Å². The van der Waals surface area contributed by atoms with Gasteiger partial charge >= 0.3 is 59.1 Å². The first kappa shape index (κ1) is 15.4. The van der Waals surface area contributed by atoms with Crippen molar-refractivity contribution >= 4 is 12.6 Å². The van der Waals surface area contributed by atoms with Crippen LogP contribution in [0.25, 0.3) is 0 Å². The molecule has 0 unspecified atom stereocenters. The zero-order valence-electron chi connectivity index (χ0n) is 7.20. The van der Waals surface area contributed by atoms with Gasteiger partial charge < -0.3 is 22.5 Å². The second kappa shape index (κ2) is 7.32. The summed E-state index contributed by atoms with van der Waals surface area (Å²) in [6, 6.07) is 0. The van der Waals surface area contributed by atoms with Crippen molar-refractivity contribution in [3.63, 3.8) is 0 Å². The maximum absolute atomic E-state index is 10.7. The zero-order chi connectivity index (χ0) is 7.56. The zero-order valence-corrected chi connectivity index (χ0v) is 12.0. The van der Waals surface area contributed by atoms with Gasteiger partial charge in [-0.2, -0.15) is 0 Å². The van der Waals surface area contributed by atoms with Crippen molar-refractivity contribution in [1.29, 1.82) is 0 Å². The van der Waals surface area contributed by atoms with Gasteiger partial charge in [-0.05, 0) is 0 Å². The van der Waals surface area contributed by atoms with Gasteiger partial charge in [-0.1, -0.05) is 0 Å². The van der Waals surface area contributed by atoms with Gasteiger partial charge in [-0.15, -0.1) is 0 Å². The Labute approximate surface area is 120 Å². The first-order valence-corrected chi connectivity index (χ1v) is 2.90. The summed E-state index contributed by atoms with van der Waals surface area (Å²) in [5.41, 5.74) is 0. The van der Waals surface area contributed by atoms with E-state index in [0.29, 0.717) is 0 Å². The number of rotatable bonds is 1. The standard InChI is InChI=1S/C5H6N2O2S.2Na/c1-9-3-2-6-5(10)7-4(3)8;;/h2H,1H3,(H2,6,7,8,10);;/q;2*+1/p-2. The Balaban J connectivity index is 0. The minimum absolute atomic E-state index is 0. The normalized spacial score (nSPS) is 7.75. The van der Waals surface area contributed by atoms with Gasteiger partial charge in [0.15, 0.2) is 0 Å². The Hall–Kier alpha value is 0.900. The van der Waals surface area contributed by atoms with E-state index in [-0.39, 0.29) is 70.0 Å². The Kier molecular flexibility index (Phi) is 9.38. The summed E-state index contributed by atoms with van der Waals surface area (Å²) in [5, 5.41) is 10.8. The summed E-state index contributed by atoms with van der Waals surface area (Å²) in [7, 11) is 1.38. The summed E-state index contributed by atoms with van der Waals surface area (Å²) in [4.78, 5) is 6.96. The van der Waals surface area contributed by atoms with Crippen LogP contribution in [0.5, 0.6) is 11.6 Å². The SMILES string of the molecule is COc1cnc([S-])nc1[O-].[Na+].[Na+]. The second-order valence-electron chi connectivity index (χ2n) is 1.53. The van der Waals surface area contributed by atoms with Crippen molar-refractivity contribution in [2.45, 2.75) is 5.16 Å². The van der Waals surface area contributed by atoms with Gasteiger partial charge in [0.1, 0.15) is 5.75 Å². The third kappa shape index (κ3) is 4.23.